The highest BCUT2D eigenvalue weighted by Gasteiger charge is 2.32. The van der Waals surface area contributed by atoms with Crippen LogP contribution in [0.4, 0.5) is 18.0 Å². The molecule has 0 atom stereocenters. The number of aromatic nitrogens is 3. The van der Waals surface area contributed by atoms with Gasteiger partial charge in [0.1, 0.15) is 5.69 Å². The first-order chi connectivity index (χ1) is 16.1. The van der Waals surface area contributed by atoms with Crippen LogP contribution in [0.3, 0.4) is 0 Å². The highest BCUT2D eigenvalue weighted by molar-refractivity contribution is 5.88. The minimum atomic E-state index is -4.53. The van der Waals surface area contributed by atoms with E-state index in [9.17, 15) is 27.9 Å². The summed E-state index contributed by atoms with van der Waals surface area (Å²) >= 11 is 0. The zero-order chi connectivity index (χ0) is 24.2. The molecule has 4 aromatic rings. The molecule has 4 heterocycles. The minimum absolute atomic E-state index is 0.307. The van der Waals surface area contributed by atoms with Crippen molar-refractivity contribution in [2.75, 3.05) is 6.54 Å². The van der Waals surface area contributed by atoms with Gasteiger partial charge in [-0.2, -0.15) is 13.2 Å². The summed E-state index contributed by atoms with van der Waals surface area (Å²) in [6.07, 6.45) is -2.18. The number of hydrogen-bond acceptors (Lipinski definition) is 3. The van der Waals surface area contributed by atoms with Crippen molar-refractivity contribution >= 4 is 17.0 Å². The minimum Gasteiger partial charge on any atom is -0.465 e. The molecule has 174 valence electrons. The van der Waals surface area contributed by atoms with Gasteiger partial charge >= 0.3 is 12.3 Å². The Morgan fingerprint density at radius 3 is 2.53 bits per heavy atom. The van der Waals surface area contributed by atoms with E-state index in [1.807, 2.05) is 29.8 Å². The van der Waals surface area contributed by atoms with Gasteiger partial charge in [0.05, 0.1) is 17.7 Å². The molecule has 7 nitrogen and oxygen atoms in total. The summed E-state index contributed by atoms with van der Waals surface area (Å²) < 4.78 is 41.7. The molecule has 0 aliphatic carbocycles. The second kappa shape index (κ2) is 7.75. The third-order valence-corrected chi connectivity index (χ3v) is 6.25. The van der Waals surface area contributed by atoms with Crippen molar-refractivity contribution in [3.63, 3.8) is 0 Å². The van der Waals surface area contributed by atoms with Crippen LogP contribution in [0.5, 0.6) is 0 Å². The molecular formula is C24H19F3N4O3. The van der Waals surface area contributed by atoms with Crippen LogP contribution in [-0.4, -0.2) is 36.8 Å². The van der Waals surface area contributed by atoms with E-state index >= 15 is 0 Å². The molecule has 0 fully saturated rings. The first kappa shape index (κ1) is 21.7. The molecule has 0 radical (unpaired) electrons. The zero-order valence-corrected chi connectivity index (χ0v) is 18.0. The number of halogens is 3. The second-order valence-corrected chi connectivity index (χ2v) is 8.19. The number of benzene rings is 1. The van der Waals surface area contributed by atoms with E-state index in [1.54, 1.807) is 12.3 Å². The molecular weight excluding hydrogens is 449 g/mol. The number of nitrogens with zero attached hydrogens (tertiary/aromatic N) is 4. The quantitative estimate of drug-likeness (QED) is 0.472. The molecule has 0 saturated carbocycles. The van der Waals surface area contributed by atoms with Gasteiger partial charge in [0, 0.05) is 48.7 Å². The SMILES string of the molecule is Cn1c2c(c3ccc(-n4ccc(-c5ccc(C(F)(F)F)nc5)cc4=O)cc31)CCN(C(=O)O)C2. The molecule has 0 unspecified atom stereocenters. The molecule has 1 aliphatic rings. The smallest absolute Gasteiger partial charge is 0.433 e. The maximum atomic E-state index is 12.9. The van der Waals surface area contributed by atoms with Gasteiger partial charge in [-0.05, 0) is 41.8 Å². The Morgan fingerprint density at radius 1 is 1.09 bits per heavy atom. The third-order valence-electron chi connectivity index (χ3n) is 6.25. The average Bonchev–Trinajstić information content (AvgIpc) is 3.09. The third kappa shape index (κ3) is 3.60. The second-order valence-electron chi connectivity index (χ2n) is 8.19. The van der Waals surface area contributed by atoms with Gasteiger partial charge in [0.2, 0.25) is 0 Å². The van der Waals surface area contributed by atoms with E-state index in [2.05, 4.69) is 4.98 Å². The Labute approximate surface area is 191 Å². The lowest BCUT2D eigenvalue weighted by Crippen LogP contribution is -2.35. The van der Waals surface area contributed by atoms with Gasteiger partial charge in [-0.25, -0.2) is 4.79 Å². The molecule has 0 spiro atoms. The molecule has 1 aliphatic heterocycles. The number of carboxylic acid groups (broad SMARTS) is 1. The number of alkyl halides is 3. The summed E-state index contributed by atoms with van der Waals surface area (Å²) in [5.41, 5.74) is 3.09. The van der Waals surface area contributed by atoms with Gasteiger partial charge in [0.25, 0.3) is 5.56 Å². The standard InChI is InChI=1S/C24H19F3N4O3/c1-29-19-11-16(3-4-17(19)18-7-8-30(23(33)34)13-20(18)29)31-9-6-14(10-22(31)32)15-2-5-21(28-12-15)24(25,26)27/h2-6,9-12H,7-8,13H2,1H3,(H,33,34). The van der Waals surface area contributed by atoms with Crippen molar-refractivity contribution in [3.05, 3.63) is 82.2 Å². The number of aryl methyl sites for hydroxylation is 1. The van der Waals surface area contributed by atoms with Gasteiger partial charge in [0.15, 0.2) is 0 Å². The summed E-state index contributed by atoms with van der Waals surface area (Å²) in [6, 6.07) is 10.8. The van der Waals surface area contributed by atoms with Crippen LogP contribution < -0.4 is 5.56 Å². The lowest BCUT2D eigenvalue weighted by Gasteiger charge is -2.25. The van der Waals surface area contributed by atoms with E-state index in [0.717, 1.165) is 34.4 Å². The Bertz CT molecular complexity index is 1490. The molecule has 10 heteroatoms. The lowest BCUT2D eigenvalue weighted by molar-refractivity contribution is -0.141. The fourth-order valence-electron chi connectivity index (χ4n) is 4.46. The zero-order valence-electron chi connectivity index (χ0n) is 18.0. The van der Waals surface area contributed by atoms with Crippen LogP contribution in [0.1, 0.15) is 17.0 Å². The first-order valence-corrected chi connectivity index (χ1v) is 10.5. The molecule has 3 aromatic heterocycles. The van der Waals surface area contributed by atoms with Gasteiger partial charge in [-0.1, -0.05) is 12.1 Å². The fraction of sp³-hybridized carbons (Fsp3) is 0.208. The lowest BCUT2D eigenvalue weighted by atomic mass is 10.0. The average molecular weight is 468 g/mol. The number of hydrogen-bond donors (Lipinski definition) is 1. The van der Waals surface area contributed by atoms with E-state index in [1.165, 1.54) is 21.6 Å². The molecule has 1 aromatic carbocycles. The predicted molar refractivity (Wildman–Crippen MR) is 119 cm³/mol. The highest BCUT2D eigenvalue weighted by Crippen LogP contribution is 2.32. The summed E-state index contributed by atoms with van der Waals surface area (Å²) in [6.45, 7) is 0.740. The highest BCUT2D eigenvalue weighted by atomic mass is 19.4. The molecule has 0 saturated heterocycles. The fourth-order valence-corrected chi connectivity index (χ4v) is 4.46. The van der Waals surface area contributed by atoms with Crippen LogP contribution in [0.25, 0.3) is 27.7 Å². The molecule has 1 N–H and O–H groups in total. The van der Waals surface area contributed by atoms with Crippen molar-refractivity contribution < 1.29 is 23.1 Å². The van der Waals surface area contributed by atoms with E-state index in [4.69, 9.17) is 0 Å². The Hall–Kier alpha value is -4.08. The van der Waals surface area contributed by atoms with Crippen molar-refractivity contribution in [3.8, 4) is 16.8 Å². The van der Waals surface area contributed by atoms with Gasteiger partial charge in [-0.3, -0.25) is 14.3 Å². The summed E-state index contributed by atoms with van der Waals surface area (Å²) in [7, 11) is 1.87. The van der Waals surface area contributed by atoms with Crippen molar-refractivity contribution in [1.82, 2.24) is 19.0 Å². The Balaban J connectivity index is 1.50. The number of carbonyl (C=O) groups is 1. The van der Waals surface area contributed by atoms with E-state index < -0.39 is 18.0 Å². The van der Waals surface area contributed by atoms with Crippen molar-refractivity contribution in [2.45, 2.75) is 19.1 Å². The van der Waals surface area contributed by atoms with Crippen molar-refractivity contribution in [1.29, 1.82) is 0 Å². The maximum absolute atomic E-state index is 12.9. The molecule has 0 bridgehead atoms. The summed E-state index contributed by atoms with van der Waals surface area (Å²) in [4.78, 5) is 29.1. The van der Waals surface area contributed by atoms with Crippen LogP contribution in [0, 0.1) is 0 Å². The first-order valence-electron chi connectivity index (χ1n) is 10.5. The Morgan fingerprint density at radius 2 is 1.88 bits per heavy atom. The molecule has 5 rings (SSSR count). The Kier molecular flexibility index (Phi) is 4.96. The largest absolute Gasteiger partial charge is 0.465 e. The number of pyridine rings is 2. The monoisotopic (exact) mass is 468 g/mol. The molecule has 34 heavy (non-hydrogen) atoms. The number of fused-ring (bicyclic) bond motifs is 3. The summed E-state index contributed by atoms with van der Waals surface area (Å²) in [5.74, 6) is 0. The topological polar surface area (TPSA) is 80.4 Å². The maximum Gasteiger partial charge on any atom is 0.433 e. The van der Waals surface area contributed by atoms with E-state index in [0.29, 0.717) is 36.3 Å². The summed E-state index contributed by atoms with van der Waals surface area (Å²) in [5, 5.41) is 10.4. The molecule has 1 amide bonds. The normalized spacial score (nSPS) is 13.8. The van der Waals surface area contributed by atoms with Crippen LogP contribution in [0.15, 0.2) is 59.7 Å². The van der Waals surface area contributed by atoms with Gasteiger partial charge in [-0.15, -0.1) is 0 Å². The van der Waals surface area contributed by atoms with Crippen molar-refractivity contribution in [2.24, 2.45) is 7.05 Å². The number of rotatable bonds is 2. The van der Waals surface area contributed by atoms with Gasteiger partial charge < -0.3 is 14.6 Å². The van der Waals surface area contributed by atoms with E-state index in [-0.39, 0.29) is 5.56 Å². The predicted octanol–water partition coefficient (Wildman–Crippen LogP) is 4.45. The van der Waals surface area contributed by atoms with Crippen LogP contribution in [0.2, 0.25) is 0 Å². The van der Waals surface area contributed by atoms with Crippen LogP contribution in [-0.2, 0) is 26.2 Å². The number of amides is 1. The van der Waals surface area contributed by atoms with Crippen LogP contribution >= 0.6 is 0 Å².